The van der Waals surface area contributed by atoms with Gasteiger partial charge in [0.1, 0.15) is 0 Å². The van der Waals surface area contributed by atoms with Gasteiger partial charge in [-0.15, -0.1) is 0 Å². The number of pyridine rings is 2. The van der Waals surface area contributed by atoms with Gasteiger partial charge < -0.3 is 20.1 Å². The van der Waals surface area contributed by atoms with Gasteiger partial charge in [-0.05, 0) is 50.2 Å². The van der Waals surface area contributed by atoms with E-state index in [1.54, 1.807) is 19.4 Å². The summed E-state index contributed by atoms with van der Waals surface area (Å²) in [5.41, 5.74) is 5.04. The van der Waals surface area contributed by atoms with Crippen LogP contribution in [0.2, 0.25) is 0 Å². The monoisotopic (exact) mass is 444 g/mol. The van der Waals surface area contributed by atoms with Crippen LogP contribution in [-0.2, 0) is 6.54 Å². The number of benzene rings is 1. The number of aliphatic hydroxyl groups is 1. The number of nitrogens with zero attached hydrogens (tertiary/aromatic N) is 5. The first kappa shape index (κ1) is 21.6. The largest absolute Gasteiger partial charge is 0.481 e. The first-order valence-corrected chi connectivity index (χ1v) is 11.3. The van der Waals surface area contributed by atoms with E-state index in [0.717, 1.165) is 53.7 Å². The van der Waals surface area contributed by atoms with Crippen molar-refractivity contribution >= 4 is 22.1 Å². The summed E-state index contributed by atoms with van der Waals surface area (Å²) in [5, 5.41) is 14.6. The number of hydrogen-bond acceptors (Lipinski definition) is 8. The second-order valence-corrected chi connectivity index (χ2v) is 8.44. The van der Waals surface area contributed by atoms with Crippen LogP contribution < -0.4 is 10.1 Å². The molecule has 170 valence electrons. The van der Waals surface area contributed by atoms with Gasteiger partial charge in [0.15, 0.2) is 0 Å². The van der Waals surface area contributed by atoms with Crippen molar-refractivity contribution in [1.82, 2.24) is 30.2 Å². The van der Waals surface area contributed by atoms with Crippen LogP contribution in [-0.4, -0.2) is 62.7 Å². The van der Waals surface area contributed by atoms with E-state index in [1.165, 1.54) is 0 Å². The molecule has 8 nitrogen and oxygen atoms in total. The molecule has 0 unspecified atom stereocenters. The van der Waals surface area contributed by atoms with Crippen LogP contribution in [0, 0.1) is 0 Å². The molecule has 4 aromatic rings. The molecule has 2 N–H and O–H groups in total. The number of aromatic nitrogens is 4. The molecule has 33 heavy (non-hydrogen) atoms. The lowest BCUT2D eigenvalue weighted by atomic mass is 10.0. The molecule has 4 heterocycles. The number of methoxy groups -OCH3 is 1. The van der Waals surface area contributed by atoms with Crippen LogP contribution in [0.15, 0.2) is 54.9 Å². The standard InChI is InChI=1S/C25H28N6O2/c1-33-24-7-6-22-25(30-24)19(8-11-26-22)23(32)16-31-12-9-17(10-13-31)27-14-18-15-28-20-4-2-3-5-21(20)29-18/h2-8,11,15,17,23,27,32H,9-10,12-14,16H2,1H3/t23-/m0/s1. The quantitative estimate of drug-likeness (QED) is 0.449. The summed E-state index contributed by atoms with van der Waals surface area (Å²) in [6.07, 6.45) is 4.99. The van der Waals surface area contributed by atoms with E-state index in [-0.39, 0.29) is 0 Å². The van der Waals surface area contributed by atoms with Crippen LogP contribution in [0.1, 0.15) is 30.2 Å². The molecular weight excluding hydrogens is 416 g/mol. The number of aliphatic hydroxyl groups excluding tert-OH is 1. The Morgan fingerprint density at radius 3 is 2.67 bits per heavy atom. The fourth-order valence-corrected chi connectivity index (χ4v) is 4.40. The maximum atomic E-state index is 11.0. The Balaban J connectivity index is 1.15. The molecular formula is C25H28N6O2. The number of likely N-dealkylation sites (tertiary alicyclic amines) is 1. The van der Waals surface area contributed by atoms with Crippen molar-refractivity contribution in [2.75, 3.05) is 26.7 Å². The molecule has 0 bridgehead atoms. The average molecular weight is 445 g/mol. The van der Waals surface area contributed by atoms with Crippen LogP contribution in [0.5, 0.6) is 5.88 Å². The fourth-order valence-electron chi connectivity index (χ4n) is 4.40. The summed E-state index contributed by atoms with van der Waals surface area (Å²) in [4.78, 5) is 20.4. The molecule has 1 aliphatic heterocycles. The van der Waals surface area contributed by atoms with Gasteiger partial charge >= 0.3 is 0 Å². The lowest BCUT2D eigenvalue weighted by Crippen LogP contribution is -2.43. The number of hydrogen-bond donors (Lipinski definition) is 2. The second-order valence-electron chi connectivity index (χ2n) is 8.44. The van der Waals surface area contributed by atoms with E-state index >= 15 is 0 Å². The lowest BCUT2D eigenvalue weighted by Gasteiger charge is -2.33. The van der Waals surface area contributed by atoms with E-state index < -0.39 is 6.10 Å². The summed E-state index contributed by atoms with van der Waals surface area (Å²) in [7, 11) is 1.59. The predicted molar refractivity (Wildman–Crippen MR) is 127 cm³/mol. The normalized spacial score (nSPS) is 16.3. The van der Waals surface area contributed by atoms with Crippen molar-refractivity contribution in [3.8, 4) is 5.88 Å². The molecule has 1 aliphatic rings. The molecule has 1 saturated heterocycles. The Labute approximate surface area is 192 Å². The number of nitrogens with one attached hydrogen (secondary N) is 1. The first-order chi connectivity index (χ1) is 16.2. The Bertz CT molecular complexity index is 1240. The number of fused-ring (bicyclic) bond motifs is 2. The van der Waals surface area contributed by atoms with Crippen LogP contribution >= 0.6 is 0 Å². The zero-order chi connectivity index (χ0) is 22.6. The first-order valence-electron chi connectivity index (χ1n) is 11.3. The minimum absolute atomic E-state index is 0.430. The Kier molecular flexibility index (Phi) is 6.39. The number of piperidine rings is 1. The van der Waals surface area contributed by atoms with Crippen molar-refractivity contribution in [2.45, 2.75) is 31.5 Å². The number of para-hydroxylation sites is 2. The van der Waals surface area contributed by atoms with Crippen LogP contribution in [0.25, 0.3) is 22.1 Å². The molecule has 5 rings (SSSR count). The van der Waals surface area contributed by atoms with Crippen molar-refractivity contribution in [3.05, 3.63) is 66.1 Å². The van der Waals surface area contributed by atoms with E-state index in [2.05, 4.69) is 25.2 Å². The lowest BCUT2D eigenvalue weighted by molar-refractivity contribution is 0.0947. The van der Waals surface area contributed by atoms with Gasteiger partial charge in [0, 0.05) is 37.0 Å². The summed E-state index contributed by atoms with van der Waals surface area (Å²) < 4.78 is 5.25. The third-order valence-corrected chi connectivity index (χ3v) is 6.25. The summed E-state index contributed by atoms with van der Waals surface area (Å²) in [6, 6.07) is 13.9. The van der Waals surface area contributed by atoms with Gasteiger partial charge in [-0.2, -0.15) is 0 Å². The van der Waals surface area contributed by atoms with Gasteiger partial charge in [-0.25, -0.2) is 9.97 Å². The van der Waals surface area contributed by atoms with Crippen molar-refractivity contribution in [2.24, 2.45) is 0 Å². The van der Waals surface area contributed by atoms with E-state index in [9.17, 15) is 5.11 Å². The molecule has 1 fully saturated rings. The van der Waals surface area contributed by atoms with Crippen molar-refractivity contribution in [3.63, 3.8) is 0 Å². The highest BCUT2D eigenvalue weighted by Crippen LogP contribution is 2.25. The smallest absolute Gasteiger partial charge is 0.213 e. The molecule has 1 atom stereocenters. The highest BCUT2D eigenvalue weighted by molar-refractivity contribution is 5.78. The average Bonchev–Trinajstić information content (AvgIpc) is 2.87. The summed E-state index contributed by atoms with van der Waals surface area (Å²) in [6.45, 7) is 3.14. The van der Waals surface area contributed by atoms with Crippen LogP contribution in [0.3, 0.4) is 0 Å². The Morgan fingerprint density at radius 2 is 1.85 bits per heavy atom. The maximum absolute atomic E-state index is 11.0. The molecule has 8 heteroatoms. The molecule has 0 radical (unpaired) electrons. The minimum Gasteiger partial charge on any atom is -0.481 e. The molecule has 0 amide bonds. The predicted octanol–water partition coefficient (Wildman–Crippen LogP) is 2.87. The van der Waals surface area contributed by atoms with Crippen molar-refractivity contribution in [1.29, 1.82) is 0 Å². The Hall–Kier alpha value is -3.20. The molecule has 0 spiro atoms. The van der Waals surface area contributed by atoms with Gasteiger partial charge in [-0.1, -0.05) is 12.1 Å². The van der Waals surface area contributed by atoms with Gasteiger partial charge in [0.05, 0.1) is 47.2 Å². The molecule has 0 aliphatic carbocycles. The molecule has 1 aromatic carbocycles. The number of ether oxygens (including phenoxy) is 1. The van der Waals surface area contributed by atoms with E-state index in [1.807, 2.05) is 42.6 Å². The fraction of sp³-hybridized carbons (Fsp3) is 0.360. The maximum Gasteiger partial charge on any atom is 0.213 e. The highest BCUT2D eigenvalue weighted by atomic mass is 16.5. The second kappa shape index (κ2) is 9.74. The topological polar surface area (TPSA) is 96.3 Å². The Morgan fingerprint density at radius 1 is 1.03 bits per heavy atom. The highest BCUT2D eigenvalue weighted by Gasteiger charge is 2.23. The van der Waals surface area contributed by atoms with Gasteiger partial charge in [0.2, 0.25) is 5.88 Å². The third kappa shape index (κ3) is 4.93. The van der Waals surface area contributed by atoms with E-state index in [0.29, 0.717) is 30.5 Å². The summed E-state index contributed by atoms with van der Waals surface area (Å²) >= 11 is 0. The van der Waals surface area contributed by atoms with Crippen LogP contribution in [0.4, 0.5) is 0 Å². The third-order valence-electron chi connectivity index (χ3n) is 6.25. The number of β-amino-alcohol motifs (C(OH)–C–C–N with tert-alkyl or cyclic N) is 1. The van der Waals surface area contributed by atoms with Crippen molar-refractivity contribution < 1.29 is 9.84 Å². The summed E-state index contributed by atoms with van der Waals surface area (Å²) in [5.74, 6) is 0.520. The molecule has 3 aromatic heterocycles. The zero-order valence-corrected chi connectivity index (χ0v) is 18.7. The van der Waals surface area contributed by atoms with E-state index in [4.69, 9.17) is 9.72 Å². The SMILES string of the molecule is COc1ccc2nccc([C@@H](O)CN3CCC(NCc4cnc5ccccc5n4)CC3)c2n1. The van der Waals surface area contributed by atoms with Gasteiger partial charge in [0.25, 0.3) is 0 Å². The molecule has 0 saturated carbocycles. The minimum atomic E-state index is -0.632. The van der Waals surface area contributed by atoms with Gasteiger partial charge in [-0.3, -0.25) is 9.97 Å². The number of rotatable bonds is 7. The zero-order valence-electron chi connectivity index (χ0n) is 18.7.